The standard InChI is InChI=1S/C24H32N4O2/c1-18-8-7-9-19(2)24(18)26-22(29)17-27-12-14-28(15-13-27)23(30)16-25-20(3)21-10-5-4-6-11-21/h4-11,20,25H,12-17H2,1-3H3,(H,26,29)/p+2/t20-/m0/s1. The van der Waals surface area contributed by atoms with Gasteiger partial charge in [-0.1, -0.05) is 48.5 Å². The Morgan fingerprint density at radius 1 is 1.03 bits per heavy atom. The summed E-state index contributed by atoms with van der Waals surface area (Å²) < 4.78 is 0. The Bertz CT molecular complexity index is 841. The van der Waals surface area contributed by atoms with Crippen molar-refractivity contribution in [1.82, 2.24) is 4.90 Å². The van der Waals surface area contributed by atoms with Crippen LogP contribution < -0.4 is 15.5 Å². The lowest BCUT2D eigenvalue weighted by Gasteiger charge is -2.31. The number of hydrogen-bond donors (Lipinski definition) is 3. The van der Waals surface area contributed by atoms with Gasteiger partial charge in [-0.25, -0.2) is 0 Å². The monoisotopic (exact) mass is 410 g/mol. The highest BCUT2D eigenvalue weighted by atomic mass is 16.2. The number of para-hydroxylation sites is 1. The van der Waals surface area contributed by atoms with Crippen molar-refractivity contribution in [3.05, 3.63) is 65.2 Å². The van der Waals surface area contributed by atoms with E-state index in [0.29, 0.717) is 26.2 Å². The lowest BCUT2D eigenvalue weighted by molar-refractivity contribution is -0.895. The Morgan fingerprint density at radius 2 is 1.67 bits per heavy atom. The van der Waals surface area contributed by atoms with Crippen LogP contribution in [0.5, 0.6) is 0 Å². The molecular weight excluding hydrogens is 376 g/mol. The molecule has 0 saturated carbocycles. The maximum Gasteiger partial charge on any atom is 0.279 e. The van der Waals surface area contributed by atoms with Crippen molar-refractivity contribution in [2.45, 2.75) is 26.8 Å². The Morgan fingerprint density at radius 3 is 2.30 bits per heavy atom. The molecule has 2 aromatic carbocycles. The topological polar surface area (TPSA) is 70.5 Å². The Hall–Kier alpha value is -2.70. The summed E-state index contributed by atoms with van der Waals surface area (Å²) in [5.41, 5.74) is 4.30. The number of quaternary nitrogens is 2. The van der Waals surface area contributed by atoms with Crippen LogP contribution in [-0.2, 0) is 9.59 Å². The van der Waals surface area contributed by atoms with Gasteiger partial charge >= 0.3 is 0 Å². The summed E-state index contributed by atoms with van der Waals surface area (Å²) in [6.45, 7) is 10.1. The molecule has 0 bridgehead atoms. The summed E-state index contributed by atoms with van der Waals surface area (Å²) in [5.74, 6) is 0.212. The number of piperazine rings is 1. The molecule has 30 heavy (non-hydrogen) atoms. The zero-order valence-corrected chi connectivity index (χ0v) is 18.3. The second kappa shape index (κ2) is 10.4. The normalized spacial score (nSPS) is 15.6. The smallest absolute Gasteiger partial charge is 0.279 e. The second-order valence-corrected chi connectivity index (χ2v) is 8.26. The minimum atomic E-state index is 0.0344. The number of rotatable bonds is 7. The van der Waals surface area contributed by atoms with Crippen LogP contribution in [0.4, 0.5) is 5.69 Å². The van der Waals surface area contributed by atoms with Crippen molar-refractivity contribution in [3.8, 4) is 0 Å². The van der Waals surface area contributed by atoms with Gasteiger partial charge in [0.1, 0.15) is 6.04 Å². The zero-order chi connectivity index (χ0) is 21.5. The molecule has 1 saturated heterocycles. The molecule has 2 aromatic rings. The van der Waals surface area contributed by atoms with Crippen molar-refractivity contribution >= 4 is 17.5 Å². The van der Waals surface area contributed by atoms with E-state index in [9.17, 15) is 9.59 Å². The average molecular weight is 411 g/mol. The summed E-state index contributed by atoms with van der Waals surface area (Å²) in [5, 5.41) is 5.15. The van der Waals surface area contributed by atoms with Crippen LogP contribution in [0.25, 0.3) is 0 Å². The van der Waals surface area contributed by atoms with Crippen LogP contribution in [0.3, 0.4) is 0 Å². The van der Waals surface area contributed by atoms with Crippen LogP contribution >= 0.6 is 0 Å². The van der Waals surface area contributed by atoms with Gasteiger partial charge in [-0.2, -0.15) is 0 Å². The molecule has 1 atom stereocenters. The lowest BCUT2D eigenvalue weighted by Crippen LogP contribution is -3.15. The first-order valence-electron chi connectivity index (χ1n) is 10.8. The zero-order valence-electron chi connectivity index (χ0n) is 18.3. The van der Waals surface area contributed by atoms with Crippen LogP contribution in [-0.4, -0.2) is 56.0 Å². The highest BCUT2D eigenvalue weighted by molar-refractivity contribution is 5.93. The predicted molar refractivity (Wildman–Crippen MR) is 118 cm³/mol. The van der Waals surface area contributed by atoms with E-state index in [1.807, 2.05) is 55.1 Å². The van der Waals surface area contributed by atoms with Crippen molar-refractivity contribution in [2.24, 2.45) is 0 Å². The molecule has 1 fully saturated rings. The molecule has 0 unspecified atom stereocenters. The van der Waals surface area contributed by atoms with Crippen molar-refractivity contribution in [3.63, 3.8) is 0 Å². The highest BCUT2D eigenvalue weighted by Gasteiger charge is 2.26. The third-order valence-corrected chi connectivity index (χ3v) is 5.95. The summed E-state index contributed by atoms with van der Waals surface area (Å²) in [6.07, 6.45) is 0. The number of carbonyl (C=O) groups excluding carboxylic acids is 2. The minimum Gasteiger partial charge on any atom is -0.333 e. The molecule has 1 aliphatic rings. The fourth-order valence-electron chi connectivity index (χ4n) is 3.97. The van der Waals surface area contributed by atoms with Crippen LogP contribution in [0, 0.1) is 13.8 Å². The summed E-state index contributed by atoms with van der Waals surface area (Å²) in [6, 6.07) is 16.5. The highest BCUT2D eigenvalue weighted by Crippen LogP contribution is 2.18. The average Bonchev–Trinajstić information content (AvgIpc) is 2.75. The molecule has 0 aliphatic carbocycles. The predicted octanol–water partition coefficient (Wildman–Crippen LogP) is 0.294. The first kappa shape index (κ1) is 22.0. The van der Waals surface area contributed by atoms with E-state index < -0.39 is 0 Å². The second-order valence-electron chi connectivity index (χ2n) is 8.26. The summed E-state index contributed by atoms with van der Waals surface area (Å²) >= 11 is 0. The lowest BCUT2D eigenvalue weighted by atomic mass is 10.1. The number of nitrogens with zero attached hydrogens (tertiary/aromatic N) is 1. The van der Waals surface area contributed by atoms with Crippen LogP contribution in [0.15, 0.2) is 48.5 Å². The number of amides is 2. The van der Waals surface area contributed by atoms with Crippen molar-refractivity contribution in [1.29, 1.82) is 0 Å². The van der Waals surface area contributed by atoms with Crippen LogP contribution in [0.2, 0.25) is 0 Å². The van der Waals surface area contributed by atoms with Gasteiger partial charge in [0.2, 0.25) is 0 Å². The van der Waals surface area contributed by atoms with Gasteiger partial charge in [0.25, 0.3) is 11.8 Å². The molecule has 2 amide bonds. The Labute approximate surface area is 179 Å². The van der Waals surface area contributed by atoms with Gasteiger partial charge in [0, 0.05) is 11.3 Å². The van der Waals surface area contributed by atoms with Gasteiger partial charge in [-0.3, -0.25) is 9.59 Å². The Balaban J connectivity index is 1.41. The largest absolute Gasteiger partial charge is 0.333 e. The molecule has 0 radical (unpaired) electrons. The number of anilines is 1. The molecule has 4 N–H and O–H groups in total. The SMILES string of the molecule is Cc1cccc(C)c1NC(=O)C[NH+]1CCN(C(=O)C[NH2+][C@@H](C)c2ccccc2)CC1. The fourth-order valence-corrected chi connectivity index (χ4v) is 3.97. The molecular formula is C24H34N4O2+2. The maximum atomic E-state index is 12.6. The van der Waals surface area contributed by atoms with Crippen LogP contribution in [0.1, 0.15) is 29.7 Å². The molecule has 1 heterocycles. The first-order valence-corrected chi connectivity index (χ1v) is 10.8. The van der Waals surface area contributed by atoms with E-state index in [0.717, 1.165) is 29.9 Å². The number of hydrogen-bond acceptors (Lipinski definition) is 2. The van der Waals surface area contributed by atoms with Gasteiger partial charge in [0.05, 0.1) is 26.2 Å². The van der Waals surface area contributed by atoms with Gasteiger partial charge < -0.3 is 20.4 Å². The van der Waals surface area contributed by atoms with E-state index in [1.54, 1.807) is 0 Å². The number of aryl methyl sites for hydroxylation is 2. The van der Waals surface area contributed by atoms with E-state index >= 15 is 0 Å². The fraction of sp³-hybridized carbons (Fsp3) is 0.417. The Kier molecular flexibility index (Phi) is 7.60. The molecule has 0 aromatic heterocycles. The van der Waals surface area contributed by atoms with Crippen molar-refractivity contribution < 1.29 is 19.8 Å². The van der Waals surface area contributed by atoms with E-state index in [4.69, 9.17) is 0 Å². The summed E-state index contributed by atoms with van der Waals surface area (Å²) in [7, 11) is 0. The van der Waals surface area contributed by atoms with Gasteiger partial charge in [-0.05, 0) is 31.9 Å². The maximum absolute atomic E-state index is 12.6. The molecule has 6 heteroatoms. The van der Waals surface area contributed by atoms with E-state index in [1.165, 1.54) is 10.5 Å². The molecule has 1 aliphatic heterocycles. The number of carbonyl (C=O) groups is 2. The molecule has 6 nitrogen and oxygen atoms in total. The quantitative estimate of drug-likeness (QED) is 0.614. The molecule has 3 rings (SSSR count). The summed E-state index contributed by atoms with van der Waals surface area (Å²) in [4.78, 5) is 28.2. The minimum absolute atomic E-state index is 0.0344. The number of benzene rings is 2. The van der Waals surface area contributed by atoms with Gasteiger partial charge in [-0.15, -0.1) is 0 Å². The van der Waals surface area contributed by atoms with E-state index in [-0.39, 0.29) is 17.9 Å². The molecule has 160 valence electrons. The van der Waals surface area contributed by atoms with Crippen molar-refractivity contribution in [2.75, 3.05) is 44.6 Å². The third kappa shape index (κ3) is 5.90. The number of nitrogens with two attached hydrogens (primary N) is 1. The van der Waals surface area contributed by atoms with E-state index in [2.05, 4.69) is 29.7 Å². The first-order chi connectivity index (χ1) is 14.4. The molecule has 0 spiro atoms. The third-order valence-electron chi connectivity index (χ3n) is 5.95. The van der Waals surface area contributed by atoms with Gasteiger partial charge in [0.15, 0.2) is 13.1 Å². The number of nitrogens with one attached hydrogen (secondary N) is 2.